The fourth-order valence-corrected chi connectivity index (χ4v) is 5.09. The van der Waals surface area contributed by atoms with Gasteiger partial charge < -0.3 is 4.18 Å². The summed E-state index contributed by atoms with van der Waals surface area (Å²) < 4.78 is 56.7. The highest BCUT2D eigenvalue weighted by Gasteiger charge is 2.23. The molecular formula is C20H19NO5S2. The molecule has 0 aliphatic heterocycles. The molecule has 0 atom stereocenters. The Morgan fingerprint density at radius 3 is 1.71 bits per heavy atom. The molecule has 0 amide bonds. The minimum atomic E-state index is -3.96. The Morgan fingerprint density at radius 2 is 1.21 bits per heavy atom. The molecule has 8 heteroatoms. The fraction of sp³-hybridized carbons (Fsp3) is 0.100. The highest BCUT2D eigenvalue weighted by molar-refractivity contribution is 7.92. The molecule has 0 aromatic heterocycles. The van der Waals surface area contributed by atoms with Crippen molar-refractivity contribution in [3.05, 3.63) is 84.9 Å². The largest absolute Gasteiger partial charge is 0.379 e. The van der Waals surface area contributed by atoms with E-state index in [1.807, 2.05) is 0 Å². The second-order valence-electron chi connectivity index (χ2n) is 5.83. The van der Waals surface area contributed by atoms with Crippen molar-refractivity contribution in [3.63, 3.8) is 0 Å². The third kappa shape index (κ3) is 4.18. The lowest BCUT2D eigenvalue weighted by atomic mass is 10.3. The molecule has 0 aliphatic carbocycles. The van der Waals surface area contributed by atoms with Crippen LogP contribution in [0.3, 0.4) is 0 Å². The van der Waals surface area contributed by atoms with E-state index >= 15 is 0 Å². The molecule has 0 aliphatic rings. The zero-order valence-electron chi connectivity index (χ0n) is 15.1. The van der Waals surface area contributed by atoms with Crippen LogP contribution in [0.1, 0.15) is 6.92 Å². The molecule has 0 N–H and O–H groups in total. The van der Waals surface area contributed by atoms with E-state index in [-0.39, 0.29) is 22.1 Å². The molecule has 0 spiro atoms. The van der Waals surface area contributed by atoms with Crippen LogP contribution >= 0.6 is 0 Å². The summed E-state index contributed by atoms with van der Waals surface area (Å²) in [6, 6.07) is 21.8. The van der Waals surface area contributed by atoms with Crippen molar-refractivity contribution in [1.29, 1.82) is 0 Å². The summed E-state index contributed by atoms with van der Waals surface area (Å²) in [5.41, 5.74) is 0.413. The molecule has 6 nitrogen and oxygen atoms in total. The van der Waals surface area contributed by atoms with Crippen LogP contribution in [0.2, 0.25) is 0 Å². The van der Waals surface area contributed by atoms with Gasteiger partial charge in [0.2, 0.25) is 0 Å². The van der Waals surface area contributed by atoms with Crippen LogP contribution in [0.15, 0.2) is 94.7 Å². The van der Waals surface area contributed by atoms with Crippen molar-refractivity contribution in [2.45, 2.75) is 16.7 Å². The first-order valence-corrected chi connectivity index (χ1v) is 11.4. The van der Waals surface area contributed by atoms with Gasteiger partial charge in [-0.2, -0.15) is 8.42 Å². The lowest BCUT2D eigenvalue weighted by molar-refractivity contribution is 0.486. The van der Waals surface area contributed by atoms with Gasteiger partial charge in [-0.05, 0) is 55.5 Å². The van der Waals surface area contributed by atoms with Crippen molar-refractivity contribution < 1.29 is 21.0 Å². The third-order valence-corrected chi connectivity index (χ3v) is 7.16. The molecule has 0 saturated carbocycles. The van der Waals surface area contributed by atoms with Crippen LogP contribution in [0.5, 0.6) is 5.75 Å². The van der Waals surface area contributed by atoms with Crippen LogP contribution in [0.4, 0.5) is 5.69 Å². The van der Waals surface area contributed by atoms with Gasteiger partial charge in [0.05, 0.1) is 10.6 Å². The normalized spacial score (nSPS) is 11.8. The Hall–Kier alpha value is -2.84. The zero-order chi connectivity index (χ0) is 20.2. The SMILES string of the molecule is CCN(c1ccc(OS(=O)(=O)c2ccccc2)cc1)S(=O)(=O)c1ccccc1. The van der Waals surface area contributed by atoms with Crippen molar-refractivity contribution >= 4 is 25.8 Å². The highest BCUT2D eigenvalue weighted by Crippen LogP contribution is 2.27. The molecule has 0 radical (unpaired) electrons. The van der Waals surface area contributed by atoms with Gasteiger partial charge in [-0.1, -0.05) is 36.4 Å². The van der Waals surface area contributed by atoms with E-state index in [1.165, 1.54) is 52.8 Å². The average Bonchev–Trinajstić information content (AvgIpc) is 2.71. The maximum atomic E-state index is 12.9. The number of rotatable bonds is 7. The third-order valence-electron chi connectivity index (χ3n) is 3.98. The molecule has 0 unspecified atom stereocenters. The van der Waals surface area contributed by atoms with Crippen LogP contribution in [-0.2, 0) is 20.1 Å². The van der Waals surface area contributed by atoms with Gasteiger partial charge in [0.1, 0.15) is 10.6 Å². The minimum absolute atomic E-state index is 0.0425. The molecular weight excluding hydrogens is 398 g/mol. The van der Waals surface area contributed by atoms with Crippen molar-refractivity contribution in [1.82, 2.24) is 0 Å². The number of nitrogens with zero attached hydrogens (tertiary/aromatic N) is 1. The van der Waals surface area contributed by atoms with Crippen LogP contribution in [0, 0.1) is 0 Å². The van der Waals surface area contributed by atoms with Crippen molar-refractivity contribution in [3.8, 4) is 5.75 Å². The number of anilines is 1. The standard InChI is InChI=1S/C20H19NO5S2/c1-2-21(27(22,23)19-9-5-3-6-10-19)17-13-15-18(16-14-17)26-28(24,25)20-11-7-4-8-12-20/h3-16H,2H2,1H3. The molecule has 0 heterocycles. The maximum Gasteiger partial charge on any atom is 0.339 e. The smallest absolute Gasteiger partial charge is 0.339 e. The predicted octanol–water partition coefficient (Wildman–Crippen LogP) is 3.67. The molecule has 0 saturated heterocycles. The first-order valence-electron chi connectivity index (χ1n) is 8.52. The zero-order valence-corrected chi connectivity index (χ0v) is 16.7. The van der Waals surface area contributed by atoms with Gasteiger partial charge >= 0.3 is 10.1 Å². The summed E-state index contributed by atoms with van der Waals surface area (Å²) in [5.74, 6) is 0.0979. The second kappa shape index (κ2) is 8.04. The molecule has 3 rings (SSSR count). The first-order chi connectivity index (χ1) is 13.3. The molecule has 0 bridgehead atoms. The number of hydrogen-bond acceptors (Lipinski definition) is 5. The van der Waals surface area contributed by atoms with E-state index in [2.05, 4.69) is 0 Å². The Kier molecular flexibility index (Phi) is 5.71. The Morgan fingerprint density at radius 1 is 0.714 bits per heavy atom. The van der Waals surface area contributed by atoms with E-state index < -0.39 is 20.1 Å². The van der Waals surface area contributed by atoms with Crippen molar-refractivity contribution in [2.75, 3.05) is 10.8 Å². The summed E-state index contributed by atoms with van der Waals surface area (Å²) in [6.45, 7) is 1.95. The summed E-state index contributed by atoms with van der Waals surface area (Å²) in [5, 5.41) is 0. The first kappa shape index (κ1) is 19.9. The molecule has 146 valence electrons. The Balaban J connectivity index is 1.85. The van der Waals surface area contributed by atoms with E-state index in [0.717, 1.165) is 0 Å². The topological polar surface area (TPSA) is 80.8 Å². The van der Waals surface area contributed by atoms with Crippen LogP contribution in [0.25, 0.3) is 0 Å². The second-order valence-corrected chi connectivity index (χ2v) is 9.24. The van der Waals surface area contributed by atoms with E-state index in [4.69, 9.17) is 4.18 Å². The summed E-state index contributed by atoms with van der Waals surface area (Å²) in [7, 11) is -7.68. The van der Waals surface area contributed by atoms with Crippen molar-refractivity contribution in [2.24, 2.45) is 0 Å². The van der Waals surface area contributed by atoms with Crippen LogP contribution in [-0.4, -0.2) is 23.4 Å². The highest BCUT2D eigenvalue weighted by atomic mass is 32.2. The van der Waals surface area contributed by atoms with Gasteiger partial charge in [-0.25, -0.2) is 8.42 Å². The van der Waals surface area contributed by atoms with Gasteiger partial charge in [0.15, 0.2) is 0 Å². The molecule has 3 aromatic rings. The fourth-order valence-electron chi connectivity index (χ4n) is 2.64. The number of benzene rings is 3. The number of hydrogen-bond donors (Lipinski definition) is 0. The van der Waals surface area contributed by atoms with Gasteiger partial charge in [-0.15, -0.1) is 0 Å². The molecule has 3 aromatic carbocycles. The number of sulfonamides is 1. The van der Waals surface area contributed by atoms with Gasteiger partial charge in [0.25, 0.3) is 10.0 Å². The summed E-state index contributed by atoms with van der Waals surface area (Å²) >= 11 is 0. The van der Waals surface area contributed by atoms with Crippen LogP contribution < -0.4 is 8.49 Å². The van der Waals surface area contributed by atoms with E-state index in [0.29, 0.717) is 5.69 Å². The van der Waals surface area contributed by atoms with Gasteiger partial charge in [0, 0.05) is 6.54 Å². The maximum absolute atomic E-state index is 12.9. The quantitative estimate of drug-likeness (QED) is 0.548. The molecule has 0 fully saturated rings. The minimum Gasteiger partial charge on any atom is -0.379 e. The van der Waals surface area contributed by atoms with E-state index in [1.54, 1.807) is 43.3 Å². The lowest BCUT2D eigenvalue weighted by Crippen LogP contribution is -2.30. The Labute approximate surface area is 165 Å². The average molecular weight is 418 g/mol. The van der Waals surface area contributed by atoms with Gasteiger partial charge in [-0.3, -0.25) is 4.31 Å². The summed E-state index contributed by atoms with van der Waals surface area (Å²) in [4.78, 5) is 0.227. The lowest BCUT2D eigenvalue weighted by Gasteiger charge is -2.23. The molecule has 28 heavy (non-hydrogen) atoms. The summed E-state index contributed by atoms with van der Waals surface area (Å²) in [6.07, 6.45) is 0. The van der Waals surface area contributed by atoms with E-state index in [9.17, 15) is 16.8 Å². The Bertz CT molecular complexity index is 1130. The predicted molar refractivity (Wildman–Crippen MR) is 107 cm³/mol. The monoisotopic (exact) mass is 417 g/mol.